The van der Waals surface area contributed by atoms with E-state index >= 15 is 0 Å². The second kappa shape index (κ2) is 8.61. The number of carboxylic acids is 1. The maximum atomic E-state index is 12.9. The molecule has 9 heteroatoms. The number of aliphatic hydroxyl groups excluding tert-OH is 1. The second-order valence-corrected chi connectivity index (χ2v) is 7.91. The van der Waals surface area contributed by atoms with E-state index in [-0.39, 0.29) is 24.1 Å². The van der Waals surface area contributed by atoms with Gasteiger partial charge in [-0.15, -0.1) is 0 Å². The van der Waals surface area contributed by atoms with Gasteiger partial charge >= 0.3 is 18.2 Å². The summed E-state index contributed by atoms with van der Waals surface area (Å²) in [6.07, 6.45) is -4.41. The standard InChI is InChI=1S/C20H25F3N2O4/c21-20(22,23)10-13-1-3-14(4-2-13)15-9-16(18(27)28)12-25(11-15)19(29)24-7-5-17(26)6-8-24/h1-4,15-17,26H,5-12H2,(H,27,28). The van der Waals surface area contributed by atoms with Crippen molar-refractivity contribution in [1.29, 1.82) is 0 Å². The number of hydrogen-bond acceptors (Lipinski definition) is 3. The number of amides is 2. The monoisotopic (exact) mass is 414 g/mol. The minimum Gasteiger partial charge on any atom is -0.481 e. The van der Waals surface area contributed by atoms with Crippen LogP contribution < -0.4 is 0 Å². The SMILES string of the molecule is O=C(O)C1CC(c2ccc(CC(F)(F)F)cc2)CN(C(=O)N2CCC(O)CC2)C1. The molecule has 0 bridgehead atoms. The number of piperidine rings is 2. The van der Waals surface area contributed by atoms with E-state index in [1.807, 2.05) is 0 Å². The van der Waals surface area contributed by atoms with Crippen LogP contribution in [0.1, 0.15) is 36.3 Å². The summed E-state index contributed by atoms with van der Waals surface area (Å²) in [7, 11) is 0. The van der Waals surface area contributed by atoms with E-state index in [4.69, 9.17) is 0 Å². The molecule has 29 heavy (non-hydrogen) atoms. The Morgan fingerprint density at radius 3 is 2.21 bits per heavy atom. The van der Waals surface area contributed by atoms with E-state index in [9.17, 15) is 33.0 Å². The summed E-state index contributed by atoms with van der Waals surface area (Å²) in [5.74, 6) is -1.98. The number of carbonyl (C=O) groups is 2. The zero-order valence-electron chi connectivity index (χ0n) is 15.9. The fraction of sp³-hybridized carbons (Fsp3) is 0.600. The van der Waals surface area contributed by atoms with Crippen molar-refractivity contribution in [2.75, 3.05) is 26.2 Å². The Hall–Kier alpha value is -2.29. The predicted octanol–water partition coefficient (Wildman–Crippen LogP) is 2.86. The lowest BCUT2D eigenvalue weighted by Crippen LogP contribution is -2.52. The van der Waals surface area contributed by atoms with Gasteiger partial charge in [0.2, 0.25) is 0 Å². The fourth-order valence-corrected chi connectivity index (χ4v) is 4.07. The molecule has 6 nitrogen and oxygen atoms in total. The topological polar surface area (TPSA) is 81.1 Å². The lowest BCUT2D eigenvalue weighted by Gasteiger charge is -2.40. The van der Waals surface area contributed by atoms with Gasteiger partial charge in [0.15, 0.2) is 0 Å². The number of carbonyl (C=O) groups excluding carboxylic acids is 1. The summed E-state index contributed by atoms with van der Waals surface area (Å²) in [5, 5.41) is 19.1. The van der Waals surface area contributed by atoms with Crippen LogP contribution in [0, 0.1) is 5.92 Å². The number of alkyl halides is 3. The van der Waals surface area contributed by atoms with Crippen molar-refractivity contribution in [3.05, 3.63) is 35.4 Å². The summed E-state index contributed by atoms with van der Waals surface area (Å²) in [6.45, 7) is 1.27. The highest BCUT2D eigenvalue weighted by molar-refractivity contribution is 5.77. The number of aliphatic hydroxyl groups is 1. The summed E-state index contributed by atoms with van der Waals surface area (Å²) in [5.41, 5.74) is 0.875. The molecule has 2 amide bonds. The maximum absolute atomic E-state index is 12.9. The number of benzene rings is 1. The lowest BCUT2D eigenvalue weighted by molar-refractivity contribution is -0.143. The van der Waals surface area contributed by atoms with Crippen LogP contribution in [0.5, 0.6) is 0 Å². The molecule has 160 valence electrons. The Labute approximate surface area is 166 Å². The van der Waals surface area contributed by atoms with E-state index in [1.54, 1.807) is 17.0 Å². The molecule has 2 saturated heterocycles. The highest BCUT2D eigenvalue weighted by Gasteiger charge is 2.37. The molecule has 0 saturated carbocycles. The molecule has 2 aliphatic rings. The lowest BCUT2D eigenvalue weighted by atomic mass is 9.84. The van der Waals surface area contributed by atoms with Gasteiger partial charge in [-0.25, -0.2) is 4.79 Å². The van der Waals surface area contributed by atoms with Crippen LogP contribution in [-0.2, 0) is 11.2 Å². The Balaban J connectivity index is 1.73. The van der Waals surface area contributed by atoms with Gasteiger partial charge in [0.25, 0.3) is 0 Å². The Bertz CT molecular complexity index is 730. The van der Waals surface area contributed by atoms with Crippen LogP contribution in [0.3, 0.4) is 0 Å². The second-order valence-electron chi connectivity index (χ2n) is 7.91. The first-order valence-corrected chi connectivity index (χ1v) is 9.72. The number of nitrogens with zero attached hydrogens (tertiary/aromatic N) is 2. The van der Waals surface area contributed by atoms with Gasteiger partial charge < -0.3 is 20.0 Å². The van der Waals surface area contributed by atoms with E-state index in [2.05, 4.69) is 0 Å². The highest BCUT2D eigenvalue weighted by atomic mass is 19.4. The van der Waals surface area contributed by atoms with E-state index < -0.39 is 30.6 Å². The smallest absolute Gasteiger partial charge is 0.393 e. The third-order valence-electron chi connectivity index (χ3n) is 5.66. The number of urea groups is 1. The maximum Gasteiger partial charge on any atom is 0.393 e. The van der Waals surface area contributed by atoms with Gasteiger partial charge in [0.1, 0.15) is 0 Å². The van der Waals surface area contributed by atoms with E-state index in [1.165, 1.54) is 17.0 Å². The van der Waals surface area contributed by atoms with Crippen molar-refractivity contribution >= 4 is 12.0 Å². The van der Waals surface area contributed by atoms with Gasteiger partial charge in [-0.2, -0.15) is 13.2 Å². The molecule has 2 N–H and O–H groups in total. The molecule has 2 heterocycles. The first-order valence-electron chi connectivity index (χ1n) is 9.72. The molecule has 1 aromatic carbocycles. The molecule has 2 atom stereocenters. The van der Waals surface area contributed by atoms with Crippen molar-refractivity contribution in [2.45, 2.75) is 43.9 Å². The zero-order chi connectivity index (χ0) is 21.2. The first kappa shape index (κ1) is 21.4. The summed E-state index contributed by atoms with van der Waals surface area (Å²) in [4.78, 5) is 27.6. The van der Waals surface area contributed by atoms with Crippen molar-refractivity contribution < 1.29 is 33.0 Å². The average molecular weight is 414 g/mol. The first-order chi connectivity index (χ1) is 13.6. The third-order valence-corrected chi connectivity index (χ3v) is 5.66. The van der Waals surface area contributed by atoms with Crippen molar-refractivity contribution in [2.24, 2.45) is 5.92 Å². The van der Waals surface area contributed by atoms with Crippen LogP contribution in [-0.4, -0.2) is 70.5 Å². The molecule has 0 radical (unpaired) electrons. The minimum absolute atomic E-state index is 0.107. The molecular weight excluding hydrogens is 389 g/mol. The molecule has 1 aromatic rings. The van der Waals surface area contributed by atoms with E-state index in [0.29, 0.717) is 38.9 Å². The van der Waals surface area contributed by atoms with Gasteiger partial charge in [-0.05, 0) is 30.4 Å². The molecule has 2 aliphatic heterocycles. The van der Waals surface area contributed by atoms with E-state index in [0.717, 1.165) is 5.56 Å². The Kier molecular flexibility index (Phi) is 6.36. The van der Waals surface area contributed by atoms with Gasteiger partial charge in [0, 0.05) is 32.1 Å². The quantitative estimate of drug-likeness (QED) is 0.797. The number of halogens is 3. The number of aliphatic carboxylic acids is 1. The third kappa shape index (κ3) is 5.62. The summed E-state index contributed by atoms with van der Waals surface area (Å²) < 4.78 is 37.6. The van der Waals surface area contributed by atoms with Crippen molar-refractivity contribution in [1.82, 2.24) is 9.80 Å². The van der Waals surface area contributed by atoms with Crippen LogP contribution >= 0.6 is 0 Å². The largest absolute Gasteiger partial charge is 0.481 e. The number of hydrogen-bond donors (Lipinski definition) is 2. The van der Waals surface area contributed by atoms with Crippen LogP contribution in [0.2, 0.25) is 0 Å². The molecule has 0 spiro atoms. The van der Waals surface area contributed by atoms with Crippen LogP contribution in [0.15, 0.2) is 24.3 Å². The van der Waals surface area contributed by atoms with Gasteiger partial charge in [-0.3, -0.25) is 4.79 Å². The number of likely N-dealkylation sites (tertiary alicyclic amines) is 2. The zero-order valence-corrected chi connectivity index (χ0v) is 15.9. The average Bonchev–Trinajstić information content (AvgIpc) is 2.67. The Morgan fingerprint density at radius 1 is 1.03 bits per heavy atom. The normalized spacial score (nSPS) is 23.9. The van der Waals surface area contributed by atoms with Crippen molar-refractivity contribution in [3.63, 3.8) is 0 Å². The molecule has 2 unspecified atom stereocenters. The predicted molar refractivity (Wildman–Crippen MR) is 98.5 cm³/mol. The highest BCUT2D eigenvalue weighted by Crippen LogP contribution is 2.32. The minimum atomic E-state index is -4.29. The molecule has 3 rings (SSSR count). The molecule has 0 aliphatic carbocycles. The molecule has 0 aromatic heterocycles. The summed E-state index contributed by atoms with van der Waals surface area (Å²) >= 11 is 0. The Morgan fingerprint density at radius 2 is 1.66 bits per heavy atom. The van der Waals surface area contributed by atoms with Crippen LogP contribution in [0.25, 0.3) is 0 Å². The summed E-state index contributed by atoms with van der Waals surface area (Å²) in [6, 6.07) is 5.75. The molecule has 2 fully saturated rings. The van der Waals surface area contributed by atoms with Crippen LogP contribution in [0.4, 0.5) is 18.0 Å². The van der Waals surface area contributed by atoms with Gasteiger partial charge in [-0.1, -0.05) is 24.3 Å². The molecular formula is C20H25F3N2O4. The van der Waals surface area contributed by atoms with Crippen molar-refractivity contribution in [3.8, 4) is 0 Å². The van der Waals surface area contributed by atoms with Gasteiger partial charge in [0.05, 0.1) is 18.4 Å². The fourth-order valence-electron chi connectivity index (χ4n) is 4.07. The number of rotatable bonds is 3. The number of carboxylic acid groups (broad SMARTS) is 1.